The van der Waals surface area contributed by atoms with Crippen LogP contribution in [0.25, 0.3) is 0 Å². The third-order valence-corrected chi connectivity index (χ3v) is 7.82. The number of aryl methyl sites for hydroxylation is 2. The topological polar surface area (TPSA) is 72.8 Å². The lowest BCUT2D eigenvalue weighted by molar-refractivity contribution is 0.603. The highest BCUT2D eigenvalue weighted by molar-refractivity contribution is 8.03. The van der Waals surface area contributed by atoms with E-state index in [1.165, 1.54) is 41.1 Å². The van der Waals surface area contributed by atoms with Crippen molar-refractivity contribution in [1.29, 1.82) is 0 Å². The first-order valence-corrected chi connectivity index (χ1v) is 11.0. The molecule has 120 valence electrons. The molecule has 23 heavy (non-hydrogen) atoms. The molecule has 1 aromatic carbocycles. The second kappa shape index (κ2) is 7.08. The number of hydrogen-bond acceptors (Lipinski definition) is 8. The fourth-order valence-corrected chi connectivity index (χ4v) is 5.87. The van der Waals surface area contributed by atoms with Crippen LogP contribution in [0, 0.1) is 0 Å². The van der Waals surface area contributed by atoms with E-state index < -0.39 is 9.84 Å². The Morgan fingerprint density at radius 3 is 2.52 bits per heavy atom. The predicted octanol–water partition coefficient (Wildman–Crippen LogP) is 3.33. The summed E-state index contributed by atoms with van der Waals surface area (Å²) in [6.45, 7) is 0. The van der Waals surface area contributed by atoms with E-state index in [4.69, 9.17) is 0 Å². The molecule has 0 unspecified atom stereocenters. The second-order valence-corrected chi connectivity index (χ2v) is 10.6. The average Bonchev–Trinajstić information content (AvgIpc) is 3.16. The van der Waals surface area contributed by atoms with Crippen molar-refractivity contribution in [3.63, 3.8) is 0 Å². The molecule has 0 atom stereocenters. The van der Waals surface area contributed by atoms with Gasteiger partial charge in [0.15, 0.2) is 18.5 Å². The van der Waals surface area contributed by atoms with Crippen molar-refractivity contribution in [2.45, 2.75) is 25.7 Å². The van der Waals surface area contributed by atoms with Crippen LogP contribution in [0.4, 0.5) is 0 Å². The number of benzene rings is 1. The molecule has 0 spiro atoms. The summed E-state index contributed by atoms with van der Waals surface area (Å²) in [5.74, 6) is 0. The number of thiazole rings is 1. The Labute approximate surface area is 146 Å². The van der Waals surface area contributed by atoms with Crippen LogP contribution in [0.3, 0.4) is 0 Å². The largest absolute Gasteiger partial charge is 0.236 e. The monoisotopic (exact) mass is 383 g/mol. The highest BCUT2D eigenvalue weighted by Crippen LogP contribution is 2.34. The minimum Gasteiger partial charge on any atom is -0.236 e. The third-order valence-electron chi connectivity index (χ3n) is 2.92. The first kappa shape index (κ1) is 16.6. The van der Waals surface area contributed by atoms with E-state index in [9.17, 15) is 8.42 Å². The Balaban J connectivity index is 1.62. The Morgan fingerprint density at radius 1 is 1.04 bits per heavy atom. The molecule has 0 bridgehead atoms. The molecular formula is C14H13N3O2S4. The van der Waals surface area contributed by atoms with Crippen LogP contribution in [0.1, 0.15) is 10.6 Å². The second-order valence-electron chi connectivity index (χ2n) is 4.77. The van der Waals surface area contributed by atoms with E-state index >= 15 is 0 Å². The van der Waals surface area contributed by atoms with Gasteiger partial charge in [0, 0.05) is 12.7 Å². The molecule has 0 saturated heterocycles. The lowest BCUT2D eigenvalue weighted by atomic mass is 10.1. The van der Waals surface area contributed by atoms with Gasteiger partial charge in [0.1, 0.15) is 9.22 Å². The van der Waals surface area contributed by atoms with Crippen molar-refractivity contribution in [2.24, 2.45) is 0 Å². The summed E-state index contributed by atoms with van der Waals surface area (Å²) in [6.07, 6.45) is 4.34. The first-order valence-electron chi connectivity index (χ1n) is 6.71. The number of sulfone groups is 1. The molecule has 0 fully saturated rings. The molecule has 0 aliphatic carbocycles. The molecule has 0 N–H and O–H groups in total. The van der Waals surface area contributed by atoms with Crippen molar-refractivity contribution in [3.8, 4) is 0 Å². The van der Waals surface area contributed by atoms with Gasteiger partial charge in [-0.1, -0.05) is 53.0 Å². The molecule has 0 radical (unpaired) electrons. The molecule has 3 aromatic rings. The van der Waals surface area contributed by atoms with Gasteiger partial charge in [0.2, 0.25) is 0 Å². The molecule has 2 heterocycles. The third kappa shape index (κ3) is 4.60. The van der Waals surface area contributed by atoms with Crippen LogP contribution < -0.4 is 0 Å². The van der Waals surface area contributed by atoms with Crippen molar-refractivity contribution < 1.29 is 8.42 Å². The zero-order valence-corrected chi connectivity index (χ0v) is 15.4. The van der Waals surface area contributed by atoms with Gasteiger partial charge in [-0.3, -0.25) is 0 Å². The zero-order chi connectivity index (χ0) is 16.3. The van der Waals surface area contributed by atoms with Crippen molar-refractivity contribution in [1.82, 2.24) is 15.2 Å². The Bertz CT molecular complexity index is 888. The molecule has 0 aliphatic heterocycles. The first-order chi connectivity index (χ1) is 11.0. The maximum Gasteiger partial charge on any atom is 0.186 e. The number of rotatable bonds is 6. The normalized spacial score (nSPS) is 11.7. The fraction of sp³-hybridized carbons (Fsp3) is 0.214. The average molecular weight is 384 g/mol. The summed E-state index contributed by atoms with van der Waals surface area (Å²) >= 11 is 4.03. The number of aromatic nitrogens is 3. The summed E-state index contributed by atoms with van der Waals surface area (Å²) in [6, 6.07) is 10.2. The Hall–Kier alpha value is -1.29. The van der Waals surface area contributed by atoms with Gasteiger partial charge < -0.3 is 0 Å². The molecular weight excluding hydrogens is 370 g/mol. The van der Waals surface area contributed by atoms with Crippen LogP contribution in [0.2, 0.25) is 0 Å². The van der Waals surface area contributed by atoms with Crippen LogP contribution in [0.5, 0.6) is 0 Å². The van der Waals surface area contributed by atoms with E-state index in [1.54, 1.807) is 0 Å². The van der Waals surface area contributed by atoms with Crippen molar-refractivity contribution in [3.05, 3.63) is 47.1 Å². The van der Waals surface area contributed by atoms with E-state index in [1.807, 2.05) is 18.2 Å². The van der Waals surface area contributed by atoms with Crippen LogP contribution in [-0.2, 0) is 22.7 Å². The van der Waals surface area contributed by atoms with Crippen molar-refractivity contribution >= 4 is 44.3 Å². The lowest BCUT2D eigenvalue weighted by Crippen LogP contribution is -1.91. The van der Waals surface area contributed by atoms with Crippen LogP contribution in [0.15, 0.2) is 49.4 Å². The predicted molar refractivity (Wildman–Crippen MR) is 93.1 cm³/mol. The summed E-state index contributed by atoms with van der Waals surface area (Å²) in [5, 5.41) is 9.30. The molecule has 2 aromatic heterocycles. The quantitative estimate of drug-likeness (QED) is 0.650. The van der Waals surface area contributed by atoms with Gasteiger partial charge in [-0.05, 0) is 23.7 Å². The molecule has 9 heteroatoms. The fourth-order valence-electron chi connectivity index (χ4n) is 1.81. The highest BCUT2D eigenvalue weighted by Gasteiger charge is 2.14. The minimum atomic E-state index is -3.20. The van der Waals surface area contributed by atoms with Crippen LogP contribution >= 0.6 is 34.4 Å². The van der Waals surface area contributed by atoms with Gasteiger partial charge in [0.25, 0.3) is 0 Å². The molecule has 0 aliphatic rings. The standard InChI is InChI=1S/C14H13N3O2S4/c1-23(18,19)12-9-15-13(21-12)22-14-17-16-11(20-14)8-7-10-5-3-2-4-6-10/h2-6,9H,7-8H2,1H3. The van der Waals surface area contributed by atoms with Gasteiger partial charge in [-0.15, -0.1) is 10.2 Å². The van der Waals surface area contributed by atoms with Gasteiger partial charge >= 0.3 is 0 Å². The smallest absolute Gasteiger partial charge is 0.186 e. The zero-order valence-electron chi connectivity index (χ0n) is 12.2. The molecule has 0 amide bonds. The lowest BCUT2D eigenvalue weighted by Gasteiger charge is -1.96. The molecule has 5 nitrogen and oxygen atoms in total. The van der Waals surface area contributed by atoms with E-state index in [-0.39, 0.29) is 4.21 Å². The summed E-state index contributed by atoms with van der Waals surface area (Å²) in [5.41, 5.74) is 1.27. The van der Waals surface area contributed by atoms with E-state index in [2.05, 4.69) is 27.3 Å². The maximum absolute atomic E-state index is 11.5. The van der Waals surface area contributed by atoms with Crippen molar-refractivity contribution in [2.75, 3.05) is 6.26 Å². The molecule has 3 rings (SSSR count). The van der Waals surface area contributed by atoms with Gasteiger partial charge in [-0.25, -0.2) is 13.4 Å². The summed E-state index contributed by atoms with van der Waals surface area (Å²) in [7, 11) is -3.20. The highest BCUT2D eigenvalue weighted by atomic mass is 32.2. The SMILES string of the molecule is CS(=O)(=O)c1cnc(Sc2nnc(CCc3ccccc3)s2)s1. The van der Waals surface area contributed by atoms with E-state index in [0.717, 1.165) is 33.5 Å². The number of nitrogens with zero attached hydrogens (tertiary/aromatic N) is 3. The minimum absolute atomic E-state index is 0.272. The van der Waals surface area contributed by atoms with Gasteiger partial charge in [-0.2, -0.15) is 0 Å². The van der Waals surface area contributed by atoms with Gasteiger partial charge in [0.05, 0.1) is 6.20 Å². The van der Waals surface area contributed by atoms with Crippen LogP contribution in [-0.4, -0.2) is 29.9 Å². The summed E-state index contributed by atoms with van der Waals surface area (Å²) in [4.78, 5) is 4.12. The Morgan fingerprint density at radius 2 is 1.83 bits per heavy atom. The Kier molecular flexibility index (Phi) is 5.10. The maximum atomic E-state index is 11.5. The number of hydrogen-bond donors (Lipinski definition) is 0. The molecule has 0 saturated carbocycles. The summed E-state index contributed by atoms with van der Waals surface area (Å²) < 4.78 is 24.6. The van der Waals surface area contributed by atoms with E-state index in [0.29, 0.717) is 4.34 Å².